The number of nitrogens with zero attached hydrogens (tertiary/aromatic N) is 2. The van der Waals surface area contributed by atoms with Gasteiger partial charge >= 0.3 is 5.97 Å². The molecule has 30 heavy (non-hydrogen) atoms. The summed E-state index contributed by atoms with van der Waals surface area (Å²) < 4.78 is 12.6. The summed E-state index contributed by atoms with van der Waals surface area (Å²) >= 11 is 1.26. The lowest BCUT2D eigenvalue weighted by molar-refractivity contribution is -0.139. The Kier molecular flexibility index (Phi) is 5.63. The second-order valence-corrected chi connectivity index (χ2v) is 7.64. The Balaban J connectivity index is 1.88. The lowest BCUT2D eigenvalue weighted by Gasteiger charge is -2.21. The molecule has 3 aromatic rings. The van der Waals surface area contributed by atoms with E-state index in [0.717, 1.165) is 5.56 Å². The van der Waals surface area contributed by atoms with Crippen LogP contribution in [0.1, 0.15) is 31.2 Å². The summed E-state index contributed by atoms with van der Waals surface area (Å²) in [6, 6.07) is 12.6. The molecule has 1 atom stereocenters. The quantitative estimate of drug-likeness (QED) is 0.595. The maximum Gasteiger partial charge on any atom is 0.338 e. The van der Waals surface area contributed by atoms with Crippen molar-refractivity contribution in [1.29, 1.82) is 0 Å². The van der Waals surface area contributed by atoms with Crippen LogP contribution in [0.5, 0.6) is 0 Å². The molecule has 0 amide bonds. The van der Waals surface area contributed by atoms with E-state index in [2.05, 4.69) is 4.99 Å². The van der Waals surface area contributed by atoms with Crippen LogP contribution in [0.3, 0.4) is 0 Å². The van der Waals surface area contributed by atoms with Crippen molar-refractivity contribution in [2.45, 2.75) is 19.9 Å². The highest BCUT2D eigenvalue weighted by molar-refractivity contribution is 7.07. The van der Waals surface area contributed by atoms with Gasteiger partial charge in [-0.05, 0) is 31.5 Å². The van der Waals surface area contributed by atoms with Crippen molar-refractivity contribution in [3.63, 3.8) is 0 Å². The number of allylic oxidation sites excluding steroid dienone is 2. The molecule has 0 unspecified atom stereocenters. The van der Waals surface area contributed by atoms with Crippen molar-refractivity contribution < 1.29 is 13.9 Å². The third-order valence-electron chi connectivity index (χ3n) is 4.65. The summed E-state index contributed by atoms with van der Waals surface area (Å²) in [4.78, 5) is 31.0. The number of ether oxygens (including phenoxy) is 1. The van der Waals surface area contributed by atoms with Gasteiger partial charge < -0.3 is 9.15 Å². The Hall–Kier alpha value is -3.45. The first kappa shape index (κ1) is 19.8. The molecule has 0 N–H and O–H groups in total. The molecular weight excluding hydrogens is 400 g/mol. The summed E-state index contributed by atoms with van der Waals surface area (Å²) in [6.45, 7) is 3.76. The number of esters is 1. The summed E-state index contributed by atoms with van der Waals surface area (Å²) in [5.74, 6) is 0.111. The second-order valence-electron chi connectivity index (χ2n) is 6.63. The Bertz CT molecular complexity index is 1300. The van der Waals surface area contributed by atoms with Crippen LogP contribution in [0, 0.1) is 0 Å². The zero-order chi connectivity index (χ0) is 21.1. The van der Waals surface area contributed by atoms with E-state index in [0.29, 0.717) is 26.4 Å². The smallest absolute Gasteiger partial charge is 0.338 e. The molecule has 0 saturated heterocycles. The molecule has 6 nitrogen and oxygen atoms in total. The van der Waals surface area contributed by atoms with Gasteiger partial charge in [-0.25, -0.2) is 9.79 Å². The molecule has 152 valence electrons. The first-order valence-corrected chi connectivity index (χ1v) is 10.4. The van der Waals surface area contributed by atoms with Crippen LogP contribution >= 0.6 is 11.3 Å². The Morgan fingerprint density at radius 1 is 1.27 bits per heavy atom. The van der Waals surface area contributed by atoms with E-state index in [1.54, 1.807) is 38.3 Å². The monoisotopic (exact) mass is 420 g/mol. The van der Waals surface area contributed by atoms with Crippen molar-refractivity contribution in [3.8, 4) is 0 Å². The highest BCUT2D eigenvalue weighted by atomic mass is 32.1. The molecule has 7 heteroatoms. The topological polar surface area (TPSA) is 73.8 Å². The SMILES string of the molecule is CCOC(=O)C1=C(C)N=c2sc(=Cc3ccco3)c(=O)n2[C@@H]1/C=C/c1ccccc1. The predicted molar refractivity (Wildman–Crippen MR) is 115 cm³/mol. The number of benzene rings is 1. The van der Waals surface area contributed by atoms with E-state index < -0.39 is 12.0 Å². The Labute approximate surface area is 176 Å². The Morgan fingerprint density at radius 3 is 2.77 bits per heavy atom. The molecule has 1 aromatic carbocycles. The number of hydrogen-bond acceptors (Lipinski definition) is 6. The van der Waals surface area contributed by atoms with Gasteiger partial charge in [0, 0.05) is 6.08 Å². The maximum atomic E-state index is 13.2. The third-order valence-corrected chi connectivity index (χ3v) is 5.63. The van der Waals surface area contributed by atoms with E-state index in [1.807, 2.05) is 42.5 Å². The lowest BCUT2D eigenvalue weighted by atomic mass is 10.0. The van der Waals surface area contributed by atoms with Crippen LogP contribution in [0.15, 0.2) is 80.3 Å². The van der Waals surface area contributed by atoms with E-state index in [1.165, 1.54) is 15.9 Å². The summed E-state index contributed by atoms with van der Waals surface area (Å²) in [5, 5.41) is 0. The second kappa shape index (κ2) is 8.51. The molecule has 1 aliphatic heterocycles. The first-order chi connectivity index (χ1) is 14.6. The van der Waals surface area contributed by atoms with E-state index in [-0.39, 0.29) is 12.2 Å². The van der Waals surface area contributed by atoms with Crippen LogP contribution in [0.2, 0.25) is 0 Å². The molecule has 0 radical (unpaired) electrons. The van der Waals surface area contributed by atoms with Crippen molar-refractivity contribution in [3.05, 3.63) is 97.1 Å². The average molecular weight is 420 g/mol. The zero-order valence-corrected chi connectivity index (χ0v) is 17.4. The summed E-state index contributed by atoms with van der Waals surface area (Å²) in [5.41, 5.74) is 1.64. The highest BCUT2D eigenvalue weighted by Crippen LogP contribution is 2.26. The van der Waals surface area contributed by atoms with Crippen LogP contribution < -0.4 is 14.9 Å². The predicted octanol–water partition coefficient (Wildman–Crippen LogP) is 3.06. The standard InChI is InChI=1S/C23H20N2O4S/c1-3-28-22(27)20-15(2)24-23-25(18(20)12-11-16-8-5-4-6-9-16)21(26)19(30-23)14-17-10-7-13-29-17/h4-14,18H,3H2,1-2H3/b12-11+,19-14?/t18-/m1/s1. The summed E-state index contributed by atoms with van der Waals surface area (Å²) in [6.07, 6.45) is 6.98. The van der Waals surface area contributed by atoms with Crippen LogP contribution in [0.4, 0.5) is 0 Å². The highest BCUT2D eigenvalue weighted by Gasteiger charge is 2.30. The van der Waals surface area contributed by atoms with E-state index >= 15 is 0 Å². The molecule has 0 saturated carbocycles. The van der Waals surface area contributed by atoms with Crippen LogP contribution in [-0.4, -0.2) is 17.1 Å². The molecule has 0 bridgehead atoms. The van der Waals surface area contributed by atoms with Gasteiger partial charge in [0.05, 0.1) is 34.7 Å². The molecule has 1 aliphatic rings. The normalized spacial score (nSPS) is 16.6. The average Bonchev–Trinajstić information content (AvgIpc) is 3.35. The number of fused-ring (bicyclic) bond motifs is 1. The largest absolute Gasteiger partial charge is 0.465 e. The van der Waals surface area contributed by atoms with Gasteiger partial charge in [0.15, 0.2) is 4.80 Å². The molecular formula is C23H20N2O4S. The van der Waals surface area contributed by atoms with Gasteiger partial charge in [0.2, 0.25) is 0 Å². The fourth-order valence-electron chi connectivity index (χ4n) is 3.29. The van der Waals surface area contributed by atoms with Crippen molar-refractivity contribution in [2.75, 3.05) is 6.61 Å². The minimum atomic E-state index is -0.612. The van der Waals surface area contributed by atoms with E-state index in [4.69, 9.17) is 9.15 Å². The number of furan rings is 1. The van der Waals surface area contributed by atoms with Gasteiger partial charge in [-0.15, -0.1) is 0 Å². The number of carbonyl (C=O) groups is 1. The minimum Gasteiger partial charge on any atom is -0.465 e. The summed E-state index contributed by atoms with van der Waals surface area (Å²) in [7, 11) is 0. The lowest BCUT2D eigenvalue weighted by Crippen LogP contribution is -2.38. The molecule has 0 aliphatic carbocycles. The molecule has 2 aromatic heterocycles. The molecule has 0 fully saturated rings. The number of rotatable bonds is 5. The number of aromatic nitrogens is 1. The van der Waals surface area contributed by atoms with Crippen LogP contribution in [-0.2, 0) is 9.53 Å². The molecule has 4 rings (SSSR count). The first-order valence-electron chi connectivity index (χ1n) is 9.55. The van der Waals surface area contributed by atoms with Gasteiger partial charge in [0.25, 0.3) is 5.56 Å². The van der Waals surface area contributed by atoms with E-state index in [9.17, 15) is 9.59 Å². The minimum absolute atomic E-state index is 0.229. The van der Waals surface area contributed by atoms with Gasteiger partial charge in [-0.3, -0.25) is 9.36 Å². The number of hydrogen-bond donors (Lipinski definition) is 0. The van der Waals surface area contributed by atoms with Crippen LogP contribution in [0.25, 0.3) is 12.2 Å². The maximum absolute atomic E-state index is 13.2. The van der Waals surface area contributed by atoms with Gasteiger partial charge in [0.1, 0.15) is 5.76 Å². The molecule has 3 heterocycles. The fraction of sp³-hybridized carbons (Fsp3) is 0.174. The van der Waals surface area contributed by atoms with Crippen molar-refractivity contribution >= 4 is 29.5 Å². The third kappa shape index (κ3) is 3.84. The zero-order valence-electron chi connectivity index (χ0n) is 16.6. The van der Waals surface area contributed by atoms with Gasteiger partial charge in [-0.1, -0.05) is 53.8 Å². The number of carbonyl (C=O) groups excluding carboxylic acids is 1. The van der Waals surface area contributed by atoms with Crippen molar-refractivity contribution in [1.82, 2.24) is 4.57 Å². The number of thiazole rings is 1. The van der Waals surface area contributed by atoms with Gasteiger partial charge in [-0.2, -0.15) is 0 Å². The molecule has 0 spiro atoms. The van der Waals surface area contributed by atoms with Crippen molar-refractivity contribution in [2.24, 2.45) is 4.99 Å². The Morgan fingerprint density at radius 2 is 2.07 bits per heavy atom. The fourth-order valence-corrected chi connectivity index (χ4v) is 4.32.